The molecule has 1 heterocycles. The maximum atomic E-state index is 13.0. The van der Waals surface area contributed by atoms with Gasteiger partial charge in [0.2, 0.25) is 5.95 Å². The van der Waals surface area contributed by atoms with Crippen molar-refractivity contribution in [2.45, 2.75) is 65.1 Å². The summed E-state index contributed by atoms with van der Waals surface area (Å²) in [7, 11) is 1.55. The number of aromatic nitrogens is 2. The lowest BCUT2D eigenvalue weighted by Gasteiger charge is -2.40. The van der Waals surface area contributed by atoms with E-state index in [1.54, 1.807) is 7.11 Å². The van der Waals surface area contributed by atoms with E-state index < -0.39 is 17.7 Å². The van der Waals surface area contributed by atoms with Crippen LogP contribution >= 0.6 is 0 Å². The van der Waals surface area contributed by atoms with Crippen molar-refractivity contribution in [3.8, 4) is 5.75 Å². The molecule has 0 radical (unpaired) electrons. The second kappa shape index (κ2) is 9.67. The Morgan fingerprint density at radius 2 is 1.92 bits per heavy atom. The Balaban J connectivity index is 1.80. The summed E-state index contributed by atoms with van der Waals surface area (Å²) in [5.74, 6) is 0.726. The number of imidazole rings is 1. The molecule has 3 aromatic rings. The van der Waals surface area contributed by atoms with E-state index in [0.717, 1.165) is 42.5 Å². The molecule has 1 aliphatic rings. The van der Waals surface area contributed by atoms with Crippen molar-refractivity contribution in [1.82, 2.24) is 9.55 Å². The fourth-order valence-electron chi connectivity index (χ4n) is 5.61. The van der Waals surface area contributed by atoms with Crippen LogP contribution in [0.15, 0.2) is 36.4 Å². The maximum Gasteiger partial charge on any atom is 0.416 e. The monoisotopic (exact) mass is 503 g/mol. The van der Waals surface area contributed by atoms with E-state index in [2.05, 4.69) is 30.7 Å². The van der Waals surface area contributed by atoms with Gasteiger partial charge in [0, 0.05) is 24.2 Å². The van der Waals surface area contributed by atoms with Gasteiger partial charge in [-0.1, -0.05) is 20.8 Å². The van der Waals surface area contributed by atoms with Gasteiger partial charge in [-0.2, -0.15) is 13.2 Å². The van der Waals surface area contributed by atoms with Gasteiger partial charge in [0.1, 0.15) is 5.75 Å². The van der Waals surface area contributed by atoms with Crippen molar-refractivity contribution in [3.63, 3.8) is 0 Å². The van der Waals surface area contributed by atoms with Crippen LogP contribution in [0, 0.1) is 11.3 Å². The molecule has 4 rings (SSSR count). The van der Waals surface area contributed by atoms with E-state index in [4.69, 9.17) is 14.8 Å². The second-order valence-electron chi connectivity index (χ2n) is 10.6. The number of carbonyl (C=O) groups is 1. The van der Waals surface area contributed by atoms with Gasteiger partial charge in [0.15, 0.2) is 0 Å². The maximum absolute atomic E-state index is 13.0. The van der Waals surface area contributed by atoms with Crippen LogP contribution in [0.25, 0.3) is 11.0 Å². The molecule has 0 amide bonds. The number of aryl methyl sites for hydroxylation is 1. The average Bonchev–Trinajstić information content (AvgIpc) is 3.11. The van der Waals surface area contributed by atoms with Gasteiger partial charge in [0.05, 0.1) is 23.7 Å². The molecule has 0 spiro atoms. The summed E-state index contributed by atoms with van der Waals surface area (Å²) in [6.45, 7) is 6.74. The standard InChI is InChI=1S/C27H32F3N3O3/c1-16-11-20(15-26(2,3)14-16)33-22-13-23(36-4)17(5-10-24(34)35)12-21(22)32-25(33)31-19-8-6-18(7-9-19)27(28,29)30/h6-9,12-13,16,20H,5,10-11,14-15H2,1-4H3,(H,31,32)(H,34,35)/t16-,20+/m0/s1. The van der Waals surface area contributed by atoms with Crippen molar-refractivity contribution in [1.29, 1.82) is 0 Å². The Hall–Kier alpha value is -3.23. The van der Waals surface area contributed by atoms with Crippen molar-refractivity contribution in [2.24, 2.45) is 11.3 Å². The molecule has 1 saturated carbocycles. The minimum absolute atomic E-state index is 0.0342. The third kappa shape index (κ3) is 5.60. The lowest BCUT2D eigenvalue weighted by molar-refractivity contribution is -0.138. The predicted octanol–water partition coefficient (Wildman–Crippen LogP) is 7.21. The summed E-state index contributed by atoms with van der Waals surface area (Å²) in [6, 6.07) is 8.77. The molecule has 9 heteroatoms. The van der Waals surface area contributed by atoms with Crippen LogP contribution < -0.4 is 10.1 Å². The molecular formula is C27H32F3N3O3. The number of nitrogens with one attached hydrogen (secondary N) is 1. The zero-order chi connectivity index (χ0) is 26.3. The normalized spacial score (nSPS) is 19.9. The first-order valence-electron chi connectivity index (χ1n) is 12.1. The fraction of sp³-hybridized carbons (Fsp3) is 0.481. The highest BCUT2D eigenvalue weighted by molar-refractivity contribution is 5.83. The number of ether oxygens (including phenoxy) is 1. The van der Waals surface area contributed by atoms with Crippen LogP contribution in [-0.2, 0) is 17.4 Å². The third-order valence-corrected chi connectivity index (χ3v) is 6.90. The highest BCUT2D eigenvalue weighted by Crippen LogP contribution is 2.46. The van der Waals surface area contributed by atoms with Gasteiger partial charge < -0.3 is 19.7 Å². The number of aliphatic carboxylic acids is 1. The number of rotatable bonds is 7. The Bertz CT molecular complexity index is 1250. The molecule has 2 N–H and O–H groups in total. The number of benzene rings is 2. The van der Waals surface area contributed by atoms with Crippen LogP contribution in [-0.4, -0.2) is 27.7 Å². The van der Waals surface area contributed by atoms with Crippen LogP contribution in [0.2, 0.25) is 0 Å². The zero-order valence-electron chi connectivity index (χ0n) is 20.9. The molecular weight excluding hydrogens is 471 g/mol. The zero-order valence-corrected chi connectivity index (χ0v) is 20.9. The van der Waals surface area contributed by atoms with Gasteiger partial charge in [-0.25, -0.2) is 4.98 Å². The molecule has 0 aliphatic heterocycles. The summed E-state index contributed by atoms with van der Waals surface area (Å²) in [5.41, 5.74) is 2.18. The van der Waals surface area contributed by atoms with Crippen LogP contribution in [0.5, 0.6) is 5.75 Å². The molecule has 6 nitrogen and oxygen atoms in total. The van der Waals surface area contributed by atoms with Crippen LogP contribution in [0.1, 0.15) is 63.6 Å². The highest BCUT2D eigenvalue weighted by Gasteiger charge is 2.35. The Labute approximate surface area is 208 Å². The number of hydrogen-bond donors (Lipinski definition) is 2. The SMILES string of the molecule is COc1cc2c(cc1CCC(=O)O)nc(Nc1ccc(C(F)(F)F)cc1)n2[C@@H]1C[C@H](C)CC(C)(C)C1. The average molecular weight is 504 g/mol. The lowest BCUT2D eigenvalue weighted by Crippen LogP contribution is -2.29. The number of nitrogens with zero attached hydrogens (tertiary/aromatic N) is 2. The van der Waals surface area contributed by atoms with E-state index in [0.29, 0.717) is 35.2 Å². The Kier molecular flexibility index (Phi) is 6.94. The first kappa shape index (κ1) is 25.9. The molecule has 1 fully saturated rings. The quantitative estimate of drug-likeness (QED) is 0.356. The summed E-state index contributed by atoms with van der Waals surface area (Å²) in [6.07, 6.45) is -1.16. The summed E-state index contributed by atoms with van der Waals surface area (Å²) in [4.78, 5) is 16.0. The third-order valence-electron chi connectivity index (χ3n) is 6.90. The van der Waals surface area contributed by atoms with Gasteiger partial charge in [0.25, 0.3) is 0 Å². The van der Waals surface area contributed by atoms with Gasteiger partial charge >= 0.3 is 12.1 Å². The summed E-state index contributed by atoms with van der Waals surface area (Å²) < 4.78 is 46.9. The van der Waals surface area contributed by atoms with Crippen molar-refractivity contribution >= 4 is 28.6 Å². The number of carboxylic acids is 1. The molecule has 2 atom stereocenters. The van der Waals surface area contributed by atoms with Crippen LogP contribution in [0.4, 0.5) is 24.8 Å². The van der Waals surface area contributed by atoms with Crippen molar-refractivity contribution in [3.05, 3.63) is 47.5 Å². The predicted molar refractivity (Wildman–Crippen MR) is 133 cm³/mol. The molecule has 36 heavy (non-hydrogen) atoms. The van der Waals surface area contributed by atoms with Gasteiger partial charge in [-0.3, -0.25) is 4.79 Å². The van der Waals surface area contributed by atoms with Crippen LogP contribution in [0.3, 0.4) is 0 Å². The molecule has 0 saturated heterocycles. The minimum atomic E-state index is -4.40. The second-order valence-corrected chi connectivity index (χ2v) is 10.6. The molecule has 0 bridgehead atoms. The van der Waals surface area contributed by atoms with E-state index in [1.165, 1.54) is 12.1 Å². The minimum Gasteiger partial charge on any atom is -0.496 e. The number of fused-ring (bicyclic) bond motifs is 1. The smallest absolute Gasteiger partial charge is 0.416 e. The largest absolute Gasteiger partial charge is 0.496 e. The summed E-state index contributed by atoms with van der Waals surface area (Å²) in [5, 5.41) is 12.4. The van der Waals surface area contributed by atoms with E-state index in [9.17, 15) is 18.0 Å². The highest BCUT2D eigenvalue weighted by atomic mass is 19.4. The molecule has 1 aromatic heterocycles. The van der Waals surface area contributed by atoms with Crippen molar-refractivity contribution in [2.75, 3.05) is 12.4 Å². The van der Waals surface area contributed by atoms with E-state index in [1.807, 2.05) is 12.1 Å². The topological polar surface area (TPSA) is 76.4 Å². The van der Waals surface area contributed by atoms with E-state index >= 15 is 0 Å². The Morgan fingerprint density at radius 3 is 2.50 bits per heavy atom. The number of alkyl halides is 3. The molecule has 194 valence electrons. The number of carboxylic acid groups (broad SMARTS) is 1. The first-order chi connectivity index (χ1) is 16.9. The number of anilines is 2. The Morgan fingerprint density at radius 1 is 1.22 bits per heavy atom. The van der Waals surface area contributed by atoms with Gasteiger partial charge in [-0.15, -0.1) is 0 Å². The molecule has 2 aromatic carbocycles. The molecule has 0 unspecified atom stereocenters. The number of halogens is 3. The van der Waals surface area contributed by atoms with E-state index in [-0.39, 0.29) is 17.9 Å². The number of hydrogen-bond acceptors (Lipinski definition) is 4. The molecule has 1 aliphatic carbocycles. The summed E-state index contributed by atoms with van der Waals surface area (Å²) >= 11 is 0. The first-order valence-corrected chi connectivity index (χ1v) is 12.1. The lowest BCUT2D eigenvalue weighted by atomic mass is 9.70. The van der Waals surface area contributed by atoms with Crippen molar-refractivity contribution < 1.29 is 27.8 Å². The number of methoxy groups -OCH3 is 1. The van der Waals surface area contributed by atoms with Gasteiger partial charge in [-0.05, 0) is 72.9 Å². The fourth-order valence-corrected chi connectivity index (χ4v) is 5.61.